The van der Waals surface area contributed by atoms with E-state index in [-0.39, 0.29) is 5.91 Å². The van der Waals surface area contributed by atoms with Gasteiger partial charge in [-0.1, -0.05) is 13.8 Å². The molecule has 2 N–H and O–H groups in total. The standard InChI is InChI=1S/C15H31N3O/c1-13(2)14-6-4-10-18(11-7-14)12-15(19)17(3)9-5-8-16/h13-14H,4-12,16H2,1-3H3. The number of carbonyl (C=O) groups excluding carboxylic acids is 1. The second-order valence-corrected chi connectivity index (χ2v) is 6.17. The first kappa shape index (κ1) is 16.4. The van der Waals surface area contributed by atoms with Gasteiger partial charge in [-0.15, -0.1) is 0 Å². The summed E-state index contributed by atoms with van der Waals surface area (Å²) in [6, 6.07) is 0. The van der Waals surface area contributed by atoms with Gasteiger partial charge in [-0.2, -0.15) is 0 Å². The van der Waals surface area contributed by atoms with Gasteiger partial charge in [0.15, 0.2) is 0 Å². The van der Waals surface area contributed by atoms with E-state index in [2.05, 4.69) is 18.7 Å². The largest absolute Gasteiger partial charge is 0.345 e. The Morgan fingerprint density at radius 2 is 2.11 bits per heavy atom. The minimum atomic E-state index is 0.233. The zero-order valence-corrected chi connectivity index (χ0v) is 12.9. The van der Waals surface area contributed by atoms with Crippen molar-refractivity contribution in [2.75, 3.05) is 39.8 Å². The molecule has 1 heterocycles. The van der Waals surface area contributed by atoms with Crippen molar-refractivity contribution in [3.63, 3.8) is 0 Å². The van der Waals surface area contributed by atoms with Gasteiger partial charge in [0, 0.05) is 13.6 Å². The highest BCUT2D eigenvalue weighted by atomic mass is 16.2. The molecule has 1 amide bonds. The van der Waals surface area contributed by atoms with Gasteiger partial charge in [0.1, 0.15) is 0 Å². The highest BCUT2D eigenvalue weighted by Gasteiger charge is 2.21. The highest BCUT2D eigenvalue weighted by molar-refractivity contribution is 5.77. The number of likely N-dealkylation sites (tertiary alicyclic amines) is 1. The first-order chi connectivity index (χ1) is 9.04. The molecule has 19 heavy (non-hydrogen) atoms. The van der Waals surface area contributed by atoms with Crippen LogP contribution in [0.15, 0.2) is 0 Å². The summed E-state index contributed by atoms with van der Waals surface area (Å²) in [7, 11) is 1.88. The highest BCUT2D eigenvalue weighted by Crippen LogP contribution is 2.24. The van der Waals surface area contributed by atoms with Crippen LogP contribution in [0.1, 0.15) is 39.5 Å². The number of carbonyl (C=O) groups is 1. The molecule has 0 aromatic rings. The fraction of sp³-hybridized carbons (Fsp3) is 0.933. The van der Waals surface area contributed by atoms with Gasteiger partial charge in [-0.3, -0.25) is 9.69 Å². The third kappa shape index (κ3) is 5.91. The fourth-order valence-corrected chi connectivity index (χ4v) is 2.77. The van der Waals surface area contributed by atoms with Crippen LogP contribution in [-0.2, 0) is 4.79 Å². The molecule has 1 atom stereocenters. The lowest BCUT2D eigenvalue weighted by Gasteiger charge is -2.24. The average molecular weight is 269 g/mol. The van der Waals surface area contributed by atoms with Gasteiger partial charge in [-0.25, -0.2) is 0 Å². The zero-order chi connectivity index (χ0) is 14.3. The SMILES string of the molecule is CC(C)C1CCCN(CC(=O)N(C)CCCN)CC1. The molecule has 0 aliphatic carbocycles. The quantitative estimate of drug-likeness (QED) is 0.796. The first-order valence-corrected chi connectivity index (χ1v) is 7.71. The van der Waals surface area contributed by atoms with Crippen molar-refractivity contribution in [1.82, 2.24) is 9.80 Å². The van der Waals surface area contributed by atoms with Crippen LogP contribution in [-0.4, -0.2) is 55.5 Å². The molecule has 1 fully saturated rings. The Morgan fingerprint density at radius 3 is 2.74 bits per heavy atom. The summed E-state index contributed by atoms with van der Waals surface area (Å²) < 4.78 is 0. The van der Waals surface area contributed by atoms with Crippen LogP contribution in [0.2, 0.25) is 0 Å². The van der Waals surface area contributed by atoms with Crippen LogP contribution >= 0.6 is 0 Å². The lowest BCUT2D eigenvalue weighted by atomic mass is 9.89. The van der Waals surface area contributed by atoms with Gasteiger partial charge in [0.25, 0.3) is 0 Å². The summed E-state index contributed by atoms with van der Waals surface area (Å²) in [6.07, 6.45) is 4.66. The van der Waals surface area contributed by atoms with Gasteiger partial charge in [-0.05, 0) is 57.2 Å². The van der Waals surface area contributed by atoms with Crippen LogP contribution < -0.4 is 5.73 Å². The number of likely N-dealkylation sites (N-methyl/N-ethyl adjacent to an activating group) is 1. The first-order valence-electron chi connectivity index (χ1n) is 7.71. The Kier molecular flexibility index (Phi) is 7.39. The molecule has 4 nitrogen and oxygen atoms in total. The maximum absolute atomic E-state index is 12.1. The lowest BCUT2D eigenvalue weighted by molar-refractivity contribution is -0.131. The van der Waals surface area contributed by atoms with Gasteiger partial charge in [0.05, 0.1) is 6.54 Å². The second-order valence-electron chi connectivity index (χ2n) is 6.17. The van der Waals surface area contributed by atoms with Crippen molar-refractivity contribution in [2.45, 2.75) is 39.5 Å². The number of hydrogen-bond acceptors (Lipinski definition) is 3. The van der Waals surface area contributed by atoms with Crippen molar-refractivity contribution in [3.8, 4) is 0 Å². The molecule has 1 aliphatic rings. The van der Waals surface area contributed by atoms with Gasteiger partial charge < -0.3 is 10.6 Å². The van der Waals surface area contributed by atoms with Crippen LogP contribution in [0, 0.1) is 11.8 Å². The lowest BCUT2D eigenvalue weighted by Crippen LogP contribution is -2.39. The molecule has 0 spiro atoms. The molecule has 1 rings (SSSR count). The minimum absolute atomic E-state index is 0.233. The molecule has 1 aliphatic heterocycles. The molecule has 0 bridgehead atoms. The molecular weight excluding hydrogens is 238 g/mol. The maximum atomic E-state index is 12.1. The predicted octanol–water partition coefficient (Wildman–Crippen LogP) is 1.55. The molecule has 1 saturated heterocycles. The number of hydrogen-bond donors (Lipinski definition) is 1. The fourth-order valence-electron chi connectivity index (χ4n) is 2.77. The average Bonchev–Trinajstić information content (AvgIpc) is 2.61. The van der Waals surface area contributed by atoms with Gasteiger partial charge in [0.2, 0.25) is 5.91 Å². The monoisotopic (exact) mass is 269 g/mol. The number of nitrogens with two attached hydrogens (primary N) is 1. The third-order valence-electron chi connectivity index (χ3n) is 4.29. The van der Waals surface area contributed by atoms with Gasteiger partial charge >= 0.3 is 0 Å². The summed E-state index contributed by atoms with van der Waals surface area (Å²) in [6.45, 7) is 8.76. The van der Waals surface area contributed by atoms with Crippen LogP contribution in [0.5, 0.6) is 0 Å². The second kappa shape index (κ2) is 8.54. The number of rotatable bonds is 6. The van der Waals surface area contributed by atoms with Crippen LogP contribution in [0.4, 0.5) is 0 Å². The van der Waals surface area contributed by atoms with E-state index >= 15 is 0 Å². The topological polar surface area (TPSA) is 49.6 Å². The van der Waals surface area contributed by atoms with E-state index in [0.29, 0.717) is 13.1 Å². The predicted molar refractivity (Wildman–Crippen MR) is 79.9 cm³/mol. The summed E-state index contributed by atoms with van der Waals surface area (Å²) >= 11 is 0. The molecule has 0 radical (unpaired) electrons. The summed E-state index contributed by atoms with van der Waals surface area (Å²) in [5.74, 6) is 1.83. The van der Waals surface area contributed by atoms with E-state index in [1.54, 1.807) is 0 Å². The van der Waals surface area contributed by atoms with E-state index in [0.717, 1.165) is 37.9 Å². The smallest absolute Gasteiger partial charge is 0.236 e. The molecule has 0 aromatic carbocycles. The maximum Gasteiger partial charge on any atom is 0.236 e. The van der Waals surface area contributed by atoms with E-state index in [1.165, 1.54) is 19.3 Å². The summed E-state index contributed by atoms with van der Waals surface area (Å²) in [4.78, 5) is 16.2. The Labute approximate surface area is 118 Å². The van der Waals surface area contributed by atoms with E-state index in [4.69, 9.17) is 5.73 Å². The Balaban J connectivity index is 2.34. The zero-order valence-electron chi connectivity index (χ0n) is 12.9. The number of nitrogens with zero attached hydrogens (tertiary/aromatic N) is 2. The number of amides is 1. The Morgan fingerprint density at radius 1 is 1.37 bits per heavy atom. The summed E-state index contributed by atoms with van der Waals surface area (Å²) in [5, 5.41) is 0. The normalized spacial score (nSPS) is 21.4. The third-order valence-corrected chi connectivity index (χ3v) is 4.29. The molecule has 0 aromatic heterocycles. The van der Waals surface area contributed by atoms with Crippen LogP contribution in [0.3, 0.4) is 0 Å². The molecular formula is C15H31N3O. The van der Waals surface area contributed by atoms with Crippen molar-refractivity contribution in [3.05, 3.63) is 0 Å². The van der Waals surface area contributed by atoms with E-state index in [1.807, 2.05) is 11.9 Å². The van der Waals surface area contributed by atoms with E-state index in [9.17, 15) is 4.79 Å². The Hall–Kier alpha value is -0.610. The van der Waals surface area contributed by atoms with E-state index < -0.39 is 0 Å². The minimum Gasteiger partial charge on any atom is -0.345 e. The Bertz CT molecular complexity index is 268. The van der Waals surface area contributed by atoms with Crippen LogP contribution in [0.25, 0.3) is 0 Å². The molecule has 112 valence electrons. The molecule has 1 unspecified atom stereocenters. The molecule has 0 saturated carbocycles. The van der Waals surface area contributed by atoms with Crippen molar-refractivity contribution < 1.29 is 4.79 Å². The van der Waals surface area contributed by atoms with Crippen molar-refractivity contribution in [2.24, 2.45) is 17.6 Å². The summed E-state index contributed by atoms with van der Waals surface area (Å²) in [5.41, 5.74) is 5.48. The molecule has 4 heteroatoms. The van der Waals surface area contributed by atoms with Crippen molar-refractivity contribution >= 4 is 5.91 Å². The van der Waals surface area contributed by atoms with Crippen molar-refractivity contribution in [1.29, 1.82) is 0 Å².